The SMILES string of the molecule is CCN1CCN(C(=O)NC(C(=O)N[C@H]2Cc3ccc(SC)c(C(=O)O)c3OB2O)c2csc(N)n2)C(=O)C1=O. The van der Waals surface area contributed by atoms with Gasteiger partial charge < -0.3 is 36.1 Å². The van der Waals surface area contributed by atoms with Crippen molar-refractivity contribution in [3.63, 3.8) is 0 Å². The number of fused-ring (bicyclic) bond motifs is 1. The number of likely N-dealkylation sites (N-methyl/N-ethyl adjacent to an activating group) is 1. The Morgan fingerprint density at radius 3 is 2.67 bits per heavy atom. The average Bonchev–Trinajstić information content (AvgIpc) is 3.33. The Morgan fingerprint density at radius 2 is 2.05 bits per heavy atom. The van der Waals surface area contributed by atoms with Crippen LogP contribution in [0.4, 0.5) is 9.93 Å². The molecule has 5 amide bonds. The molecule has 1 aromatic heterocycles. The van der Waals surface area contributed by atoms with Gasteiger partial charge in [0, 0.05) is 29.9 Å². The Balaban J connectivity index is 1.54. The first-order chi connectivity index (χ1) is 18.5. The fourth-order valence-electron chi connectivity index (χ4n) is 4.28. The Hall–Kier alpha value is -3.83. The number of nitrogen functional groups attached to an aromatic ring is 1. The molecule has 6 N–H and O–H groups in total. The van der Waals surface area contributed by atoms with Crippen LogP contribution in [0.1, 0.15) is 34.6 Å². The lowest BCUT2D eigenvalue weighted by molar-refractivity contribution is -0.153. The van der Waals surface area contributed by atoms with Crippen molar-refractivity contribution < 1.29 is 38.8 Å². The number of anilines is 1. The summed E-state index contributed by atoms with van der Waals surface area (Å²) in [5.41, 5.74) is 6.17. The van der Waals surface area contributed by atoms with Gasteiger partial charge in [-0.05, 0) is 31.2 Å². The van der Waals surface area contributed by atoms with E-state index in [9.17, 15) is 34.1 Å². The lowest BCUT2D eigenvalue weighted by Crippen LogP contribution is -2.60. The minimum atomic E-state index is -1.60. The molecular formula is C22H25BN6O8S2. The van der Waals surface area contributed by atoms with Crippen LogP contribution in [0.25, 0.3) is 0 Å². The number of thioether (sulfide) groups is 1. The molecule has 0 bridgehead atoms. The number of amides is 5. The molecule has 2 aromatic rings. The summed E-state index contributed by atoms with van der Waals surface area (Å²) < 4.78 is 5.52. The summed E-state index contributed by atoms with van der Waals surface area (Å²) >= 11 is 2.24. The molecular weight excluding hydrogens is 551 g/mol. The molecule has 2 aliphatic heterocycles. The largest absolute Gasteiger partial charge is 0.547 e. The summed E-state index contributed by atoms with van der Waals surface area (Å²) in [6.45, 7) is 2.11. The maximum atomic E-state index is 13.4. The number of carboxylic acid groups (broad SMARTS) is 1. The first kappa shape index (κ1) is 28.2. The highest BCUT2D eigenvalue weighted by molar-refractivity contribution is 7.98. The van der Waals surface area contributed by atoms with Crippen LogP contribution in [0.5, 0.6) is 5.75 Å². The van der Waals surface area contributed by atoms with Gasteiger partial charge in [0.2, 0.25) is 5.91 Å². The van der Waals surface area contributed by atoms with Gasteiger partial charge in [0.1, 0.15) is 11.3 Å². The molecule has 4 rings (SSSR count). The van der Waals surface area contributed by atoms with E-state index in [1.165, 1.54) is 22.0 Å². The van der Waals surface area contributed by atoms with Crippen LogP contribution >= 0.6 is 23.1 Å². The molecule has 39 heavy (non-hydrogen) atoms. The minimum absolute atomic E-state index is 0.0128. The third-order valence-electron chi connectivity index (χ3n) is 6.29. The standard InChI is InChI=1S/C22H25BN6O8S2/c1-3-28-6-7-29(19(32)18(28)31)22(35)27-15(11-9-39-21(24)25-11)17(30)26-13-8-10-4-5-12(38-2)14(20(33)34)16(10)37-23(13)36/h4-5,9,13,15,36H,3,6-8H2,1-2H3,(H2,24,25)(H,26,30)(H,27,35)(H,33,34)/t13-,15?/m0/s1. The number of aromatic carboxylic acids is 1. The summed E-state index contributed by atoms with van der Waals surface area (Å²) in [4.78, 5) is 69.4. The predicted molar refractivity (Wildman–Crippen MR) is 141 cm³/mol. The van der Waals surface area contributed by atoms with E-state index in [1.54, 1.807) is 25.3 Å². The highest BCUT2D eigenvalue weighted by atomic mass is 32.2. The monoisotopic (exact) mass is 576 g/mol. The lowest BCUT2D eigenvalue weighted by atomic mass is 9.72. The zero-order valence-electron chi connectivity index (χ0n) is 20.9. The molecule has 0 radical (unpaired) electrons. The number of carbonyl (C=O) groups excluding carboxylic acids is 4. The molecule has 1 fully saturated rings. The first-order valence-electron chi connectivity index (χ1n) is 11.8. The van der Waals surface area contributed by atoms with Crippen LogP contribution in [0.3, 0.4) is 0 Å². The van der Waals surface area contributed by atoms with Crippen LogP contribution in [0.15, 0.2) is 22.4 Å². The molecule has 0 spiro atoms. The number of aromatic nitrogens is 1. The molecule has 1 aromatic carbocycles. The highest BCUT2D eigenvalue weighted by Gasteiger charge is 2.41. The zero-order valence-corrected chi connectivity index (χ0v) is 22.5. The third-order valence-corrected chi connectivity index (χ3v) is 7.76. The van der Waals surface area contributed by atoms with E-state index < -0.39 is 48.8 Å². The Labute approximate surface area is 231 Å². The van der Waals surface area contributed by atoms with Crippen LogP contribution in [-0.2, 0) is 20.8 Å². The lowest BCUT2D eigenvalue weighted by Gasteiger charge is -2.33. The number of urea groups is 1. The molecule has 3 heterocycles. The van der Waals surface area contributed by atoms with E-state index in [0.29, 0.717) is 17.0 Å². The number of carboxylic acids is 1. The molecule has 17 heteroatoms. The second kappa shape index (κ2) is 11.5. The zero-order chi connectivity index (χ0) is 28.4. The number of benzene rings is 1. The second-order valence-electron chi connectivity index (χ2n) is 8.60. The number of hydrogen-bond donors (Lipinski definition) is 5. The van der Waals surface area contributed by atoms with Gasteiger partial charge in [-0.15, -0.1) is 23.1 Å². The molecule has 0 saturated carbocycles. The summed E-state index contributed by atoms with van der Waals surface area (Å²) in [6, 6.07) is 0.861. The van der Waals surface area contributed by atoms with Crippen molar-refractivity contribution in [3.05, 3.63) is 34.3 Å². The quantitative estimate of drug-likeness (QED) is 0.165. The maximum Gasteiger partial charge on any atom is 0.547 e. The summed E-state index contributed by atoms with van der Waals surface area (Å²) in [6.07, 6.45) is 1.74. The fourth-order valence-corrected chi connectivity index (χ4v) is 5.46. The molecule has 206 valence electrons. The predicted octanol–water partition coefficient (Wildman–Crippen LogP) is -0.274. The van der Waals surface area contributed by atoms with E-state index in [1.807, 2.05) is 0 Å². The third kappa shape index (κ3) is 5.64. The number of nitrogens with zero attached hydrogens (tertiary/aromatic N) is 3. The fraction of sp³-hybridized carbons (Fsp3) is 0.364. The number of imide groups is 1. The van der Waals surface area contributed by atoms with Crippen molar-refractivity contribution in [2.24, 2.45) is 0 Å². The number of rotatable bonds is 7. The minimum Gasteiger partial charge on any atom is -0.534 e. The molecule has 2 atom stereocenters. The van der Waals surface area contributed by atoms with Gasteiger partial charge in [-0.1, -0.05) is 6.07 Å². The van der Waals surface area contributed by atoms with Crippen molar-refractivity contribution >= 4 is 65.1 Å². The Kier molecular flexibility index (Phi) is 8.32. The van der Waals surface area contributed by atoms with Gasteiger partial charge in [-0.2, -0.15) is 0 Å². The van der Waals surface area contributed by atoms with E-state index in [4.69, 9.17) is 10.4 Å². The Morgan fingerprint density at radius 1 is 1.31 bits per heavy atom. The number of piperazine rings is 1. The molecule has 2 aliphatic rings. The number of carbonyl (C=O) groups is 5. The summed E-state index contributed by atoms with van der Waals surface area (Å²) in [7, 11) is -1.60. The highest BCUT2D eigenvalue weighted by Crippen LogP contribution is 2.36. The average molecular weight is 576 g/mol. The van der Waals surface area contributed by atoms with Crippen molar-refractivity contribution in [2.45, 2.75) is 30.2 Å². The van der Waals surface area contributed by atoms with E-state index in [-0.39, 0.29) is 41.6 Å². The molecule has 1 unspecified atom stereocenters. The van der Waals surface area contributed by atoms with Crippen LogP contribution in [-0.4, -0.2) is 93.6 Å². The number of thiazole rings is 1. The van der Waals surface area contributed by atoms with E-state index >= 15 is 0 Å². The van der Waals surface area contributed by atoms with Gasteiger partial charge in [-0.25, -0.2) is 14.6 Å². The van der Waals surface area contributed by atoms with Crippen LogP contribution in [0, 0.1) is 0 Å². The molecule has 0 aliphatic carbocycles. The van der Waals surface area contributed by atoms with Crippen LogP contribution in [0.2, 0.25) is 0 Å². The number of nitrogens with one attached hydrogen (secondary N) is 2. The summed E-state index contributed by atoms with van der Waals surface area (Å²) in [5.74, 6) is -4.87. The van der Waals surface area contributed by atoms with E-state index in [2.05, 4.69) is 15.6 Å². The summed E-state index contributed by atoms with van der Waals surface area (Å²) in [5, 5.41) is 26.9. The van der Waals surface area contributed by atoms with Gasteiger partial charge in [0.05, 0.1) is 11.6 Å². The van der Waals surface area contributed by atoms with Crippen molar-refractivity contribution in [1.29, 1.82) is 0 Å². The van der Waals surface area contributed by atoms with E-state index in [0.717, 1.165) is 16.2 Å². The number of nitrogens with two attached hydrogens (primary N) is 1. The van der Waals surface area contributed by atoms with Crippen LogP contribution < -0.4 is 21.0 Å². The topological polar surface area (TPSA) is 204 Å². The smallest absolute Gasteiger partial charge is 0.534 e. The van der Waals surface area contributed by atoms with Gasteiger partial charge in [-0.3, -0.25) is 19.3 Å². The molecule has 1 saturated heterocycles. The molecule has 14 nitrogen and oxygen atoms in total. The van der Waals surface area contributed by atoms with Crippen molar-refractivity contribution in [3.8, 4) is 5.75 Å². The second-order valence-corrected chi connectivity index (χ2v) is 10.3. The Bertz CT molecular complexity index is 1340. The van der Waals surface area contributed by atoms with Gasteiger partial charge in [0.25, 0.3) is 0 Å². The van der Waals surface area contributed by atoms with Gasteiger partial charge in [0.15, 0.2) is 11.2 Å². The van der Waals surface area contributed by atoms with Gasteiger partial charge >= 0.3 is 30.9 Å². The van der Waals surface area contributed by atoms with Crippen molar-refractivity contribution in [2.75, 3.05) is 31.6 Å². The normalized spacial score (nSPS) is 17.8. The first-order valence-corrected chi connectivity index (χ1v) is 13.9. The maximum absolute atomic E-state index is 13.4. The van der Waals surface area contributed by atoms with Crippen molar-refractivity contribution in [1.82, 2.24) is 25.4 Å². The number of hydrogen-bond acceptors (Lipinski definition) is 11.